The van der Waals surface area contributed by atoms with Gasteiger partial charge in [-0.25, -0.2) is 10.4 Å². The summed E-state index contributed by atoms with van der Waals surface area (Å²) in [5.41, 5.74) is 4.78. The smallest absolute Gasteiger partial charge is 0.252 e. The Kier molecular flexibility index (Phi) is 6.11. The molecule has 138 valence electrons. The SMILES string of the molecule is Cc1cc(=O)[nH]c(N/N=C/c2ccc(OCc3ccc(Cl)cc3Cl)cc2)n1. The number of anilines is 1. The van der Waals surface area contributed by atoms with Gasteiger partial charge in [-0.05, 0) is 48.9 Å². The van der Waals surface area contributed by atoms with E-state index in [0.717, 1.165) is 11.1 Å². The number of halogens is 2. The largest absolute Gasteiger partial charge is 0.489 e. The highest BCUT2D eigenvalue weighted by Crippen LogP contribution is 2.22. The monoisotopic (exact) mass is 402 g/mol. The molecular formula is C19H16Cl2N4O2. The Morgan fingerprint density at radius 3 is 2.67 bits per heavy atom. The summed E-state index contributed by atoms with van der Waals surface area (Å²) < 4.78 is 5.73. The second kappa shape index (κ2) is 8.70. The standard InChI is InChI=1S/C19H16Cl2N4O2/c1-12-8-18(26)24-19(23-12)25-22-10-13-2-6-16(7-3-13)27-11-14-4-5-15(20)9-17(14)21/h2-10H,11H2,1H3,(H2,23,24,25,26)/b22-10+. The Bertz CT molecular complexity index is 1020. The number of nitrogens with one attached hydrogen (secondary N) is 2. The van der Waals surface area contributed by atoms with Gasteiger partial charge in [0, 0.05) is 27.4 Å². The molecule has 3 rings (SSSR count). The van der Waals surface area contributed by atoms with Crippen molar-refractivity contribution in [1.29, 1.82) is 0 Å². The van der Waals surface area contributed by atoms with Crippen LogP contribution in [0.1, 0.15) is 16.8 Å². The molecule has 0 aliphatic rings. The predicted molar refractivity (Wildman–Crippen MR) is 108 cm³/mol. The van der Waals surface area contributed by atoms with Gasteiger partial charge in [-0.15, -0.1) is 0 Å². The maximum absolute atomic E-state index is 11.4. The van der Waals surface area contributed by atoms with Gasteiger partial charge >= 0.3 is 0 Å². The molecule has 27 heavy (non-hydrogen) atoms. The number of aryl methyl sites for hydroxylation is 1. The lowest BCUT2D eigenvalue weighted by atomic mass is 10.2. The number of nitrogens with zero attached hydrogens (tertiary/aromatic N) is 2. The van der Waals surface area contributed by atoms with Gasteiger partial charge < -0.3 is 4.74 Å². The fraction of sp³-hybridized carbons (Fsp3) is 0.105. The zero-order valence-electron chi connectivity index (χ0n) is 14.4. The Morgan fingerprint density at radius 2 is 1.96 bits per heavy atom. The van der Waals surface area contributed by atoms with E-state index in [1.54, 1.807) is 25.3 Å². The van der Waals surface area contributed by atoms with Crippen molar-refractivity contribution in [3.63, 3.8) is 0 Å². The zero-order chi connectivity index (χ0) is 19.2. The number of aromatic nitrogens is 2. The van der Waals surface area contributed by atoms with E-state index in [2.05, 4.69) is 20.5 Å². The van der Waals surface area contributed by atoms with Crippen LogP contribution in [-0.4, -0.2) is 16.2 Å². The first-order valence-corrected chi connectivity index (χ1v) is 8.79. The molecule has 0 bridgehead atoms. The van der Waals surface area contributed by atoms with Crippen molar-refractivity contribution in [2.75, 3.05) is 5.43 Å². The minimum atomic E-state index is -0.234. The average Bonchev–Trinajstić information content (AvgIpc) is 2.61. The Hall–Kier alpha value is -2.83. The molecule has 1 aromatic heterocycles. The highest BCUT2D eigenvalue weighted by molar-refractivity contribution is 6.35. The molecule has 0 saturated heterocycles. The predicted octanol–water partition coefficient (Wildman–Crippen LogP) is 4.41. The van der Waals surface area contributed by atoms with Crippen LogP contribution in [0.15, 0.2) is 58.4 Å². The Labute approximate surface area is 165 Å². The maximum Gasteiger partial charge on any atom is 0.252 e. The quantitative estimate of drug-likeness (QED) is 0.472. The maximum atomic E-state index is 11.4. The Balaban J connectivity index is 1.57. The normalized spacial score (nSPS) is 10.9. The molecule has 2 N–H and O–H groups in total. The van der Waals surface area contributed by atoms with E-state index in [-0.39, 0.29) is 11.5 Å². The fourth-order valence-electron chi connectivity index (χ4n) is 2.25. The summed E-state index contributed by atoms with van der Waals surface area (Å²) in [5, 5.41) is 5.22. The summed E-state index contributed by atoms with van der Waals surface area (Å²) >= 11 is 12.0. The molecule has 0 unspecified atom stereocenters. The van der Waals surface area contributed by atoms with Gasteiger partial charge in [0.15, 0.2) is 0 Å². The second-order valence-electron chi connectivity index (χ2n) is 5.70. The first-order chi connectivity index (χ1) is 13.0. The Morgan fingerprint density at radius 1 is 1.19 bits per heavy atom. The fourth-order valence-corrected chi connectivity index (χ4v) is 2.71. The lowest BCUT2D eigenvalue weighted by molar-refractivity contribution is 0.306. The van der Waals surface area contributed by atoms with E-state index in [4.69, 9.17) is 27.9 Å². The molecular weight excluding hydrogens is 387 g/mol. The molecule has 3 aromatic rings. The van der Waals surface area contributed by atoms with Crippen LogP contribution in [0.25, 0.3) is 0 Å². The number of aromatic amines is 1. The van der Waals surface area contributed by atoms with Crippen molar-refractivity contribution in [2.45, 2.75) is 13.5 Å². The van der Waals surface area contributed by atoms with Gasteiger partial charge in [0.1, 0.15) is 12.4 Å². The minimum absolute atomic E-state index is 0.234. The molecule has 0 atom stereocenters. The molecule has 1 heterocycles. The van der Waals surface area contributed by atoms with Crippen LogP contribution in [0, 0.1) is 6.92 Å². The first kappa shape index (κ1) is 18.9. The van der Waals surface area contributed by atoms with E-state index >= 15 is 0 Å². The van der Waals surface area contributed by atoms with Gasteiger partial charge in [0.2, 0.25) is 5.95 Å². The summed E-state index contributed by atoms with van der Waals surface area (Å²) in [4.78, 5) is 18.0. The summed E-state index contributed by atoms with van der Waals surface area (Å²) in [5.74, 6) is 0.992. The number of rotatable bonds is 6. The molecule has 0 aliphatic heterocycles. The van der Waals surface area contributed by atoms with Crippen LogP contribution in [-0.2, 0) is 6.61 Å². The molecule has 0 aliphatic carbocycles. The molecule has 0 spiro atoms. The van der Waals surface area contributed by atoms with Gasteiger partial charge in [-0.2, -0.15) is 5.10 Å². The lowest BCUT2D eigenvalue weighted by Gasteiger charge is -2.08. The van der Waals surface area contributed by atoms with Crippen molar-refractivity contribution in [3.05, 3.63) is 85.8 Å². The van der Waals surface area contributed by atoms with Crippen LogP contribution in [0.3, 0.4) is 0 Å². The van der Waals surface area contributed by atoms with Crippen LogP contribution in [0.4, 0.5) is 5.95 Å². The van der Waals surface area contributed by atoms with Gasteiger partial charge in [-0.3, -0.25) is 9.78 Å². The molecule has 0 radical (unpaired) electrons. The summed E-state index contributed by atoms with van der Waals surface area (Å²) in [6.45, 7) is 2.08. The third-order valence-electron chi connectivity index (χ3n) is 3.54. The van der Waals surface area contributed by atoms with Gasteiger partial charge in [-0.1, -0.05) is 29.3 Å². The van der Waals surface area contributed by atoms with E-state index in [1.807, 2.05) is 30.3 Å². The summed E-state index contributed by atoms with van der Waals surface area (Å²) in [7, 11) is 0. The molecule has 0 saturated carbocycles. The minimum Gasteiger partial charge on any atom is -0.489 e. The highest BCUT2D eigenvalue weighted by Gasteiger charge is 2.03. The van der Waals surface area contributed by atoms with Crippen LogP contribution in [0.2, 0.25) is 10.0 Å². The van der Waals surface area contributed by atoms with Gasteiger partial charge in [0.25, 0.3) is 5.56 Å². The van der Waals surface area contributed by atoms with Crippen molar-refractivity contribution in [2.24, 2.45) is 5.10 Å². The first-order valence-electron chi connectivity index (χ1n) is 8.03. The molecule has 2 aromatic carbocycles. The van der Waals surface area contributed by atoms with Gasteiger partial charge in [0.05, 0.1) is 6.21 Å². The van der Waals surface area contributed by atoms with Crippen molar-refractivity contribution in [1.82, 2.24) is 9.97 Å². The third-order valence-corrected chi connectivity index (χ3v) is 4.13. The molecule has 0 fully saturated rings. The molecule has 0 amide bonds. The third kappa shape index (κ3) is 5.57. The molecule has 6 nitrogen and oxygen atoms in total. The second-order valence-corrected chi connectivity index (χ2v) is 6.54. The van der Waals surface area contributed by atoms with Crippen molar-refractivity contribution >= 4 is 35.4 Å². The topological polar surface area (TPSA) is 79.4 Å². The number of hydrogen-bond donors (Lipinski definition) is 2. The number of hydrazone groups is 1. The van der Waals surface area contributed by atoms with Crippen LogP contribution < -0.4 is 15.7 Å². The molecule has 8 heteroatoms. The van der Waals surface area contributed by atoms with E-state index in [0.29, 0.717) is 28.1 Å². The summed E-state index contributed by atoms with van der Waals surface area (Å²) in [6.07, 6.45) is 1.61. The number of benzene rings is 2. The highest BCUT2D eigenvalue weighted by atomic mass is 35.5. The lowest BCUT2D eigenvalue weighted by Crippen LogP contribution is -2.10. The average molecular weight is 403 g/mol. The van der Waals surface area contributed by atoms with Crippen LogP contribution in [0.5, 0.6) is 5.75 Å². The van der Waals surface area contributed by atoms with E-state index in [9.17, 15) is 4.79 Å². The number of hydrogen-bond acceptors (Lipinski definition) is 5. The number of ether oxygens (including phenoxy) is 1. The number of H-pyrrole nitrogens is 1. The van der Waals surface area contributed by atoms with Crippen molar-refractivity contribution < 1.29 is 4.74 Å². The van der Waals surface area contributed by atoms with Crippen LogP contribution >= 0.6 is 23.2 Å². The van der Waals surface area contributed by atoms with E-state index < -0.39 is 0 Å². The zero-order valence-corrected chi connectivity index (χ0v) is 15.9. The van der Waals surface area contributed by atoms with Crippen molar-refractivity contribution in [3.8, 4) is 5.75 Å². The van der Waals surface area contributed by atoms with E-state index in [1.165, 1.54) is 6.07 Å². The summed E-state index contributed by atoms with van der Waals surface area (Å²) in [6, 6.07) is 14.1.